The van der Waals surface area contributed by atoms with Gasteiger partial charge in [0.2, 0.25) is 0 Å². The lowest BCUT2D eigenvalue weighted by molar-refractivity contribution is 0.151. The molecule has 2 saturated carbocycles. The minimum Gasteiger partial charge on any atom is -0.390 e. The number of aliphatic hydroxyl groups is 1. The molecule has 18 heavy (non-hydrogen) atoms. The van der Waals surface area contributed by atoms with Crippen molar-refractivity contribution in [3.63, 3.8) is 0 Å². The van der Waals surface area contributed by atoms with Crippen LogP contribution in [0.2, 0.25) is 5.02 Å². The van der Waals surface area contributed by atoms with Gasteiger partial charge in [-0.25, -0.2) is 0 Å². The van der Waals surface area contributed by atoms with Crippen molar-refractivity contribution in [2.75, 3.05) is 0 Å². The largest absolute Gasteiger partial charge is 0.390 e. The van der Waals surface area contributed by atoms with Gasteiger partial charge in [0.05, 0.1) is 5.60 Å². The van der Waals surface area contributed by atoms with Crippen LogP contribution in [-0.2, 0) is 6.42 Å². The second-order valence-corrected chi connectivity index (χ2v) is 6.50. The Morgan fingerprint density at radius 3 is 2.50 bits per heavy atom. The minimum atomic E-state index is -0.421. The third kappa shape index (κ3) is 2.73. The molecule has 2 aliphatic carbocycles. The third-order valence-electron chi connectivity index (χ3n) is 4.47. The fourth-order valence-electron chi connectivity index (χ4n) is 3.13. The van der Waals surface area contributed by atoms with Gasteiger partial charge in [0.1, 0.15) is 0 Å². The first-order valence-electron chi connectivity index (χ1n) is 7.17. The van der Waals surface area contributed by atoms with Gasteiger partial charge in [-0.05, 0) is 48.8 Å². The monoisotopic (exact) mass is 264 g/mol. The molecule has 3 rings (SSSR count). The quantitative estimate of drug-likeness (QED) is 0.855. The zero-order valence-electron chi connectivity index (χ0n) is 10.8. The summed E-state index contributed by atoms with van der Waals surface area (Å²) in [5.74, 6) is 0.657. The molecule has 0 saturated heterocycles. The van der Waals surface area contributed by atoms with Gasteiger partial charge >= 0.3 is 0 Å². The molecule has 98 valence electrons. The summed E-state index contributed by atoms with van der Waals surface area (Å²) in [6.07, 6.45) is 9.25. The lowest BCUT2D eigenvalue weighted by atomic mass is 9.83. The van der Waals surface area contributed by atoms with Crippen molar-refractivity contribution in [2.24, 2.45) is 0 Å². The number of benzene rings is 1. The van der Waals surface area contributed by atoms with E-state index in [9.17, 15) is 5.11 Å². The Morgan fingerprint density at radius 1 is 1.17 bits per heavy atom. The summed E-state index contributed by atoms with van der Waals surface area (Å²) in [5, 5.41) is 10.9. The van der Waals surface area contributed by atoms with E-state index in [1.165, 1.54) is 43.2 Å². The lowest BCUT2D eigenvalue weighted by Crippen LogP contribution is -2.11. The maximum Gasteiger partial charge on any atom is 0.0690 e. The van der Waals surface area contributed by atoms with Gasteiger partial charge in [-0.3, -0.25) is 0 Å². The van der Waals surface area contributed by atoms with Crippen LogP contribution in [0, 0.1) is 0 Å². The molecular weight excluding hydrogens is 244 g/mol. The number of rotatable bonds is 3. The van der Waals surface area contributed by atoms with E-state index in [0.29, 0.717) is 5.92 Å². The predicted molar refractivity (Wildman–Crippen MR) is 75.2 cm³/mol. The SMILES string of the molecule is OC1(Cc2ccc(C3CCCCC3)c(Cl)c2)CC1. The van der Waals surface area contributed by atoms with E-state index in [1.54, 1.807) is 0 Å². The fraction of sp³-hybridized carbons (Fsp3) is 0.625. The fourth-order valence-corrected chi connectivity index (χ4v) is 3.48. The average Bonchev–Trinajstić information content (AvgIpc) is 3.08. The first kappa shape index (κ1) is 12.5. The minimum absolute atomic E-state index is 0.421. The highest BCUT2D eigenvalue weighted by atomic mass is 35.5. The topological polar surface area (TPSA) is 20.2 Å². The van der Waals surface area contributed by atoms with E-state index in [4.69, 9.17) is 11.6 Å². The summed E-state index contributed by atoms with van der Waals surface area (Å²) in [7, 11) is 0. The summed E-state index contributed by atoms with van der Waals surface area (Å²) in [5.41, 5.74) is 2.08. The van der Waals surface area contributed by atoms with Gasteiger partial charge in [0.15, 0.2) is 0 Å². The highest BCUT2D eigenvalue weighted by Gasteiger charge is 2.40. The number of hydrogen-bond acceptors (Lipinski definition) is 1. The van der Waals surface area contributed by atoms with Crippen LogP contribution >= 0.6 is 11.6 Å². The molecule has 1 aromatic carbocycles. The Morgan fingerprint density at radius 2 is 1.89 bits per heavy atom. The predicted octanol–water partition coefficient (Wildman–Crippen LogP) is 4.46. The van der Waals surface area contributed by atoms with Crippen LogP contribution in [0.4, 0.5) is 0 Å². The van der Waals surface area contributed by atoms with Gasteiger partial charge in [0.25, 0.3) is 0 Å². The number of hydrogen-bond donors (Lipinski definition) is 1. The lowest BCUT2D eigenvalue weighted by Gasteiger charge is -2.23. The molecule has 2 fully saturated rings. The van der Waals surface area contributed by atoms with Crippen LogP contribution in [0.5, 0.6) is 0 Å². The first-order chi connectivity index (χ1) is 8.66. The second-order valence-electron chi connectivity index (χ2n) is 6.09. The molecule has 2 heteroatoms. The normalized spacial score (nSPS) is 23.0. The van der Waals surface area contributed by atoms with Gasteiger partial charge in [0, 0.05) is 11.4 Å². The number of halogens is 1. The third-order valence-corrected chi connectivity index (χ3v) is 4.80. The van der Waals surface area contributed by atoms with Crippen LogP contribution in [0.3, 0.4) is 0 Å². The molecular formula is C16H21ClO. The van der Waals surface area contributed by atoms with E-state index in [2.05, 4.69) is 18.2 Å². The van der Waals surface area contributed by atoms with Gasteiger partial charge in [-0.1, -0.05) is 43.0 Å². The molecule has 1 nitrogen and oxygen atoms in total. The Kier molecular flexibility index (Phi) is 3.38. The summed E-state index contributed by atoms with van der Waals surface area (Å²) in [6, 6.07) is 6.42. The standard InChI is InChI=1S/C16H21ClO/c17-15-10-12(11-16(18)8-9-16)6-7-14(15)13-4-2-1-3-5-13/h6-7,10,13,18H,1-5,8-9,11H2. The Hall–Kier alpha value is -0.530. The molecule has 0 aromatic heterocycles. The molecule has 0 unspecified atom stereocenters. The Balaban J connectivity index is 1.75. The van der Waals surface area contributed by atoms with Gasteiger partial charge in [-0.2, -0.15) is 0 Å². The van der Waals surface area contributed by atoms with Crippen molar-refractivity contribution in [1.29, 1.82) is 0 Å². The summed E-state index contributed by atoms with van der Waals surface area (Å²) >= 11 is 6.43. The summed E-state index contributed by atoms with van der Waals surface area (Å²) in [6.45, 7) is 0. The maximum atomic E-state index is 9.95. The van der Waals surface area contributed by atoms with E-state index < -0.39 is 5.60 Å². The van der Waals surface area contributed by atoms with Crippen LogP contribution in [-0.4, -0.2) is 10.7 Å². The van der Waals surface area contributed by atoms with Crippen molar-refractivity contribution >= 4 is 11.6 Å². The average molecular weight is 265 g/mol. The van der Waals surface area contributed by atoms with Crippen LogP contribution in [0.15, 0.2) is 18.2 Å². The van der Waals surface area contributed by atoms with Crippen molar-refractivity contribution < 1.29 is 5.11 Å². The Labute approximate surface area is 114 Å². The van der Waals surface area contributed by atoms with E-state index >= 15 is 0 Å². The molecule has 0 atom stereocenters. The zero-order valence-corrected chi connectivity index (χ0v) is 11.5. The molecule has 0 amide bonds. The highest BCUT2D eigenvalue weighted by Crippen LogP contribution is 2.40. The van der Waals surface area contributed by atoms with Crippen LogP contribution in [0.25, 0.3) is 0 Å². The smallest absolute Gasteiger partial charge is 0.0690 e. The van der Waals surface area contributed by atoms with Crippen molar-refractivity contribution in [3.8, 4) is 0 Å². The van der Waals surface area contributed by atoms with E-state index in [1.807, 2.05) is 0 Å². The molecule has 1 aromatic rings. The molecule has 1 N–H and O–H groups in total. The van der Waals surface area contributed by atoms with E-state index in [-0.39, 0.29) is 0 Å². The van der Waals surface area contributed by atoms with Crippen molar-refractivity contribution in [2.45, 2.75) is 62.9 Å². The molecule has 0 spiro atoms. The van der Waals surface area contributed by atoms with Crippen molar-refractivity contribution in [3.05, 3.63) is 34.3 Å². The highest BCUT2D eigenvalue weighted by molar-refractivity contribution is 6.31. The van der Waals surface area contributed by atoms with Gasteiger partial charge < -0.3 is 5.11 Å². The Bertz CT molecular complexity index is 431. The van der Waals surface area contributed by atoms with E-state index in [0.717, 1.165) is 24.3 Å². The molecule has 2 aliphatic rings. The summed E-state index contributed by atoms with van der Waals surface area (Å²) < 4.78 is 0. The molecule has 0 radical (unpaired) electrons. The van der Waals surface area contributed by atoms with Crippen LogP contribution < -0.4 is 0 Å². The maximum absolute atomic E-state index is 9.95. The van der Waals surface area contributed by atoms with Crippen LogP contribution in [0.1, 0.15) is 62.0 Å². The van der Waals surface area contributed by atoms with Crippen molar-refractivity contribution in [1.82, 2.24) is 0 Å². The van der Waals surface area contributed by atoms with Gasteiger partial charge in [-0.15, -0.1) is 0 Å². The zero-order chi connectivity index (χ0) is 12.6. The molecule has 0 heterocycles. The summed E-state index contributed by atoms with van der Waals surface area (Å²) in [4.78, 5) is 0. The first-order valence-corrected chi connectivity index (χ1v) is 7.55. The molecule has 0 aliphatic heterocycles. The molecule has 0 bridgehead atoms. The second kappa shape index (κ2) is 4.86.